The molecular formula is C16H23N3O3. The van der Waals surface area contributed by atoms with Crippen LogP contribution in [0.3, 0.4) is 0 Å². The predicted octanol–water partition coefficient (Wildman–Crippen LogP) is 0.905. The lowest BCUT2D eigenvalue weighted by Gasteiger charge is -2.37. The van der Waals surface area contributed by atoms with E-state index in [4.69, 9.17) is 10.8 Å². The molecule has 1 amide bonds. The van der Waals surface area contributed by atoms with Crippen molar-refractivity contribution in [2.24, 2.45) is 11.7 Å². The normalized spacial score (nSPS) is 16.5. The molecule has 1 aliphatic rings. The molecule has 0 aromatic heterocycles. The van der Waals surface area contributed by atoms with Crippen molar-refractivity contribution >= 4 is 17.6 Å². The second kappa shape index (κ2) is 7.26. The van der Waals surface area contributed by atoms with Crippen molar-refractivity contribution in [1.29, 1.82) is 0 Å². The van der Waals surface area contributed by atoms with Gasteiger partial charge in [0.1, 0.15) is 5.92 Å². The zero-order valence-corrected chi connectivity index (χ0v) is 12.9. The van der Waals surface area contributed by atoms with Crippen LogP contribution >= 0.6 is 0 Å². The Labute approximate surface area is 130 Å². The zero-order chi connectivity index (χ0) is 16.1. The van der Waals surface area contributed by atoms with Gasteiger partial charge in [0.2, 0.25) is 5.91 Å². The summed E-state index contributed by atoms with van der Waals surface area (Å²) in [5, 5.41) is 9.09. The van der Waals surface area contributed by atoms with Crippen molar-refractivity contribution in [2.75, 3.05) is 31.1 Å². The number of benzene rings is 1. The van der Waals surface area contributed by atoms with E-state index in [0.717, 1.165) is 11.3 Å². The third kappa shape index (κ3) is 3.57. The summed E-state index contributed by atoms with van der Waals surface area (Å²) in [5.41, 5.74) is 7.83. The summed E-state index contributed by atoms with van der Waals surface area (Å²) >= 11 is 0. The monoisotopic (exact) mass is 305 g/mol. The molecule has 1 aromatic carbocycles. The highest BCUT2D eigenvalue weighted by atomic mass is 16.4. The van der Waals surface area contributed by atoms with Crippen LogP contribution in [0.15, 0.2) is 24.3 Å². The van der Waals surface area contributed by atoms with E-state index >= 15 is 0 Å². The lowest BCUT2D eigenvalue weighted by Crippen LogP contribution is -2.51. The highest BCUT2D eigenvalue weighted by Gasteiger charge is 2.30. The SMILES string of the molecule is CCC(C(=O)O)C(=O)N1CCN(c2cccc(CN)c2)CC1. The number of hydrogen-bond acceptors (Lipinski definition) is 4. The molecule has 0 aliphatic carbocycles. The van der Waals surface area contributed by atoms with Crippen molar-refractivity contribution in [1.82, 2.24) is 4.90 Å². The summed E-state index contributed by atoms with van der Waals surface area (Å²) in [7, 11) is 0. The van der Waals surface area contributed by atoms with Crippen LogP contribution in [0.2, 0.25) is 0 Å². The highest BCUT2D eigenvalue weighted by molar-refractivity contribution is 5.97. The molecule has 1 heterocycles. The second-order valence-electron chi connectivity index (χ2n) is 5.49. The molecule has 6 nitrogen and oxygen atoms in total. The molecule has 22 heavy (non-hydrogen) atoms. The van der Waals surface area contributed by atoms with Crippen molar-refractivity contribution in [3.05, 3.63) is 29.8 Å². The van der Waals surface area contributed by atoms with Crippen molar-refractivity contribution in [2.45, 2.75) is 19.9 Å². The van der Waals surface area contributed by atoms with Gasteiger partial charge in [-0.05, 0) is 24.1 Å². The maximum atomic E-state index is 12.2. The van der Waals surface area contributed by atoms with Crippen LogP contribution in [0.4, 0.5) is 5.69 Å². The van der Waals surface area contributed by atoms with E-state index < -0.39 is 11.9 Å². The number of carboxylic acids is 1. The maximum Gasteiger partial charge on any atom is 0.316 e. The van der Waals surface area contributed by atoms with Crippen LogP contribution < -0.4 is 10.6 Å². The second-order valence-corrected chi connectivity index (χ2v) is 5.49. The molecular weight excluding hydrogens is 282 g/mol. The Hall–Kier alpha value is -2.08. The number of nitrogens with two attached hydrogens (primary N) is 1. The van der Waals surface area contributed by atoms with E-state index in [1.807, 2.05) is 18.2 Å². The average Bonchev–Trinajstić information content (AvgIpc) is 2.55. The van der Waals surface area contributed by atoms with E-state index in [1.54, 1.807) is 11.8 Å². The van der Waals surface area contributed by atoms with Gasteiger partial charge in [-0.1, -0.05) is 19.1 Å². The number of piperazine rings is 1. The molecule has 1 aliphatic heterocycles. The van der Waals surface area contributed by atoms with Gasteiger partial charge in [-0.15, -0.1) is 0 Å². The first kappa shape index (κ1) is 16.3. The molecule has 0 radical (unpaired) electrons. The lowest BCUT2D eigenvalue weighted by atomic mass is 10.0. The average molecular weight is 305 g/mol. The largest absolute Gasteiger partial charge is 0.481 e. The molecule has 0 saturated carbocycles. The summed E-state index contributed by atoms with van der Waals surface area (Å²) in [4.78, 5) is 27.2. The van der Waals surface area contributed by atoms with E-state index in [-0.39, 0.29) is 5.91 Å². The minimum Gasteiger partial charge on any atom is -0.481 e. The Morgan fingerprint density at radius 1 is 1.27 bits per heavy atom. The molecule has 1 atom stereocenters. The number of aliphatic carboxylic acids is 1. The van der Waals surface area contributed by atoms with Crippen LogP contribution in [0.1, 0.15) is 18.9 Å². The van der Waals surface area contributed by atoms with Crippen LogP contribution in [0, 0.1) is 5.92 Å². The number of anilines is 1. The third-order valence-electron chi connectivity index (χ3n) is 4.11. The molecule has 3 N–H and O–H groups in total. The first-order valence-electron chi connectivity index (χ1n) is 7.62. The molecule has 0 spiro atoms. The smallest absolute Gasteiger partial charge is 0.316 e. The highest BCUT2D eigenvalue weighted by Crippen LogP contribution is 2.19. The third-order valence-corrected chi connectivity index (χ3v) is 4.11. The quantitative estimate of drug-likeness (QED) is 0.789. The summed E-state index contributed by atoms with van der Waals surface area (Å²) in [5.74, 6) is -2.23. The fourth-order valence-corrected chi connectivity index (χ4v) is 2.74. The summed E-state index contributed by atoms with van der Waals surface area (Å²) in [6.07, 6.45) is 0.326. The summed E-state index contributed by atoms with van der Waals surface area (Å²) in [6.45, 7) is 4.74. The zero-order valence-electron chi connectivity index (χ0n) is 12.9. The predicted molar refractivity (Wildman–Crippen MR) is 84.5 cm³/mol. The number of amides is 1. The fraction of sp³-hybridized carbons (Fsp3) is 0.500. The molecule has 1 aromatic rings. The van der Waals surface area contributed by atoms with E-state index in [2.05, 4.69) is 11.0 Å². The number of hydrogen-bond donors (Lipinski definition) is 2. The maximum absolute atomic E-state index is 12.2. The van der Waals surface area contributed by atoms with Crippen LogP contribution in [0.5, 0.6) is 0 Å². The molecule has 1 unspecified atom stereocenters. The molecule has 6 heteroatoms. The summed E-state index contributed by atoms with van der Waals surface area (Å²) in [6, 6.07) is 8.06. The summed E-state index contributed by atoms with van der Waals surface area (Å²) < 4.78 is 0. The van der Waals surface area contributed by atoms with Crippen LogP contribution in [-0.4, -0.2) is 48.1 Å². The minimum absolute atomic E-state index is 0.273. The molecule has 2 rings (SSSR count). The van der Waals surface area contributed by atoms with Gasteiger partial charge in [-0.25, -0.2) is 0 Å². The number of carbonyl (C=O) groups excluding carboxylic acids is 1. The Morgan fingerprint density at radius 3 is 2.50 bits per heavy atom. The standard InChI is InChI=1S/C16H23N3O3/c1-2-14(16(21)22)15(20)19-8-6-18(7-9-19)13-5-3-4-12(10-13)11-17/h3-5,10,14H,2,6-9,11,17H2,1H3,(H,21,22). The van der Waals surface area contributed by atoms with Gasteiger partial charge in [0.25, 0.3) is 0 Å². The van der Waals surface area contributed by atoms with Gasteiger partial charge in [-0.3, -0.25) is 9.59 Å². The molecule has 120 valence electrons. The van der Waals surface area contributed by atoms with E-state index in [9.17, 15) is 9.59 Å². The fourth-order valence-electron chi connectivity index (χ4n) is 2.74. The van der Waals surface area contributed by atoms with Crippen molar-refractivity contribution in [3.63, 3.8) is 0 Å². The van der Waals surface area contributed by atoms with E-state index in [0.29, 0.717) is 39.1 Å². The minimum atomic E-state index is -1.04. The van der Waals surface area contributed by atoms with E-state index in [1.165, 1.54) is 0 Å². The first-order valence-corrected chi connectivity index (χ1v) is 7.62. The van der Waals surface area contributed by atoms with Crippen molar-refractivity contribution < 1.29 is 14.7 Å². The van der Waals surface area contributed by atoms with Gasteiger partial charge >= 0.3 is 5.97 Å². The Morgan fingerprint density at radius 2 is 1.95 bits per heavy atom. The molecule has 0 bridgehead atoms. The Balaban J connectivity index is 1.97. The van der Waals surface area contributed by atoms with Gasteiger partial charge < -0.3 is 20.6 Å². The van der Waals surface area contributed by atoms with Crippen LogP contribution in [-0.2, 0) is 16.1 Å². The van der Waals surface area contributed by atoms with Gasteiger partial charge in [0.15, 0.2) is 0 Å². The number of rotatable bonds is 5. The van der Waals surface area contributed by atoms with Gasteiger partial charge in [-0.2, -0.15) is 0 Å². The van der Waals surface area contributed by atoms with Gasteiger partial charge in [0, 0.05) is 38.4 Å². The Bertz CT molecular complexity index is 539. The molecule has 1 fully saturated rings. The Kier molecular flexibility index (Phi) is 5.38. The topological polar surface area (TPSA) is 86.9 Å². The molecule has 1 saturated heterocycles. The van der Waals surface area contributed by atoms with Gasteiger partial charge in [0.05, 0.1) is 0 Å². The number of nitrogens with zero attached hydrogens (tertiary/aromatic N) is 2. The van der Waals surface area contributed by atoms with Crippen molar-refractivity contribution in [3.8, 4) is 0 Å². The lowest BCUT2D eigenvalue weighted by molar-refractivity contribution is -0.151. The first-order chi connectivity index (χ1) is 10.6. The number of carboxylic acid groups (broad SMARTS) is 1. The van der Waals surface area contributed by atoms with Crippen LogP contribution in [0.25, 0.3) is 0 Å². The number of carbonyl (C=O) groups is 2.